The van der Waals surface area contributed by atoms with E-state index in [-0.39, 0.29) is 11.9 Å². The zero-order valence-corrected chi connectivity index (χ0v) is 12.2. The van der Waals surface area contributed by atoms with E-state index in [2.05, 4.69) is 24.9 Å². The van der Waals surface area contributed by atoms with E-state index in [0.717, 1.165) is 43.5 Å². The van der Waals surface area contributed by atoms with Crippen LogP contribution in [0.2, 0.25) is 0 Å². The van der Waals surface area contributed by atoms with Crippen LogP contribution in [0.15, 0.2) is 11.2 Å². The van der Waals surface area contributed by atoms with Crippen molar-refractivity contribution in [3.05, 3.63) is 17.5 Å². The molecule has 1 atom stereocenters. The number of anilines is 1. The van der Waals surface area contributed by atoms with Crippen LogP contribution in [-0.4, -0.2) is 58.1 Å². The lowest BCUT2D eigenvalue weighted by molar-refractivity contribution is 0.229. The molecule has 7 heteroatoms. The van der Waals surface area contributed by atoms with Crippen LogP contribution in [0, 0.1) is 13.8 Å². The third-order valence-electron chi connectivity index (χ3n) is 3.66. The van der Waals surface area contributed by atoms with Crippen molar-refractivity contribution in [1.82, 2.24) is 14.9 Å². The van der Waals surface area contributed by atoms with Crippen molar-refractivity contribution in [2.75, 3.05) is 31.1 Å². The summed E-state index contributed by atoms with van der Waals surface area (Å²) in [6.07, 6.45) is 0. The normalized spacial score (nSPS) is 19.1. The van der Waals surface area contributed by atoms with Gasteiger partial charge in [0.05, 0.1) is 6.04 Å². The molecule has 2 heterocycles. The number of oxime groups is 1. The summed E-state index contributed by atoms with van der Waals surface area (Å²) < 4.78 is 0. The Morgan fingerprint density at radius 3 is 2.30 bits per heavy atom. The highest BCUT2D eigenvalue weighted by Gasteiger charge is 2.24. The quantitative estimate of drug-likeness (QED) is 0.359. The van der Waals surface area contributed by atoms with Crippen molar-refractivity contribution in [3.8, 4) is 0 Å². The Morgan fingerprint density at radius 1 is 1.25 bits per heavy atom. The number of amidine groups is 1. The van der Waals surface area contributed by atoms with Gasteiger partial charge < -0.3 is 15.8 Å². The number of aryl methyl sites for hydroxylation is 2. The Balaban J connectivity index is 2.00. The van der Waals surface area contributed by atoms with E-state index in [0.29, 0.717) is 0 Å². The lowest BCUT2D eigenvalue weighted by atomic mass is 10.2. The van der Waals surface area contributed by atoms with Crippen molar-refractivity contribution in [2.45, 2.75) is 26.8 Å². The number of nitrogens with zero attached hydrogens (tertiary/aromatic N) is 5. The van der Waals surface area contributed by atoms with E-state index in [1.165, 1.54) is 0 Å². The Morgan fingerprint density at radius 2 is 1.80 bits per heavy atom. The molecule has 0 radical (unpaired) electrons. The maximum atomic E-state index is 8.73. The van der Waals surface area contributed by atoms with E-state index < -0.39 is 0 Å². The summed E-state index contributed by atoms with van der Waals surface area (Å²) in [6.45, 7) is 9.27. The minimum Gasteiger partial charge on any atom is -0.409 e. The second kappa shape index (κ2) is 6.04. The zero-order valence-electron chi connectivity index (χ0n) is 12.2. The van der Waals surface area contributed by atoms with Gasteiger partial charge in [0.15, 0.2) is 5.84 Å². The Kier molecular flexibility index (Phi) is 4.39. The summed E-state index contributed by atoms with van der Waals surface area (Å²) in [5.74, 6) is 1.04. The van der Waals surface area contributed by atoms with Crippen LogP contribution in [-0.2, 0) is 0 Å². The summed E-state index contributed by atoms with van der Waals surface area (Å²) in [5.41, 5.74) is 7.62. The maximum absolute atomic E-state index is 8.73. The van der Waals surface area contributed by atoms with Crippen LogP contribution in [0.3, 0.4) is 0 Å². The fourth-order valence-corrected chi connectivity index (χ4v) is 2.43. The molecule has 0 aromatic carbocycles. The third-order valence-corrected chi connectivity index (χ3v) is 3.66. The van der Waals surface area contributed by atoms with E-state index in [9.17, 15) is 0 Å². The molecule has 0 bridgehead atoms. The molecular formula is C13H22N6O. The number of nitrogens with two attached hydrogens (primary N) is 1. The smallest absolute Gasteiger partial charge is 0.225 e. The van der Waals surface area contributed by atoms with E-state index in [1.807, 2.05) is 26.8 Å². The summed E-state index contributed by atoms with van der Waals surface area (Å²) in [5, 5.41) is 11.8. The van der Waals surface area contributed by atoms with Crippen LogP contribution < -0.4 is 10.6 Å². The predicted octanol–water partition coefficient (Wildman–Crippen LogP) is 0.350. The number of hydrogen-bond donors (Lipinski definition) is 2. The van der Waals surface area contributed by atoms with Gasteiger partial charge in [0, 0.05) is 37.6 Å². The van der Waals surface area contributed by atoms with Gasteiger partial charge in [0.25, 0.3) is 0 Å². The first-order valence-electron chi connectivity index (χ1n) is 6.80. The fourth-order valence-electron chi connectivity index (χ4n) is 2.43. The van der Waals surface area contributed by atoms with Crippen LogP contribution in [0.25, 0.3) is 0 Å². The lowest BCUT2D eigenvalue weighted by Gasteiger charge is -2.37. The molecule has 110 valence electrons. The van der Waals surface area contributed by atoms with Crippen molar-refractivity contribution in [2.24, 2.45) is 10.9 Å². The molecule has 0 spiro atoms. The monoisotopic (exact) mass is 278 g/mol. The first-order valence-corrected chi connectivity index (χ1v) is 6.80. The SMILES string of the molecule is Cc1cc(C)nc(N2CCN(C(C)C(N)=NO)CC2)n1. The van der Waals surface area contributed by atoms with Gasteiger partial charge in [0.1, 0.15) is 0 Å². The van der Waals surface area contributed by atoms with Gasteiger partial charge in [-0.2, -0.15) is 0 Å². The number of aromatic nitrogens is 2. The highest BCUT2D eigenvalue weighted by molar-refractivity contribution is 5.84. The topological polar surface area (TPSA) is 90.9 Å². The zero-order chi connectivity index (χ0) is 14.7. The molecule has 7 nitrogen and oxygen atoms in total. The summed E-state index contributed by atoms with van der Waals surface area (Å²) in [4.78, 5) is 13.3. The summed E-state index contributed by atoms with van der Waals surface area (Å²) in [6, 6.07) is 1.92. The van der Waals surface area contributed by atoms with Crippen LogP contribution in [0.5, 0.6) is 0 Å². The summed E-state index contributed by atoms with van der Waals surface area (Å²) >= 11 is 0. The van der Waals surface area contributed by atoms with Crippen molar-refractivity contribution >= 4 is 11.8 Å². The van der Waals surface area contributed by atoms with Gasteiger partial charge >= 0.3 is 0 Å². The first kappa shape index (κ1) is 14.5. The molecule has 1 aliphatic rings. The van der Waals surface area contributed by atoms with Crippen LogP contribution >= 0.6 is 0 Å². The van der Waals surface area contributed by atoms with Gasteiger partial charge in [-0.1, -0.05) is 5.16 Å². The van der Waals surface area contributed by atoms with Crippen molar-refractivity contribution < 1.29 is 5.21 Å². The average molecular weight is 278 g/mol. The molecule has 1 saturated heterocycles. The van der Waals surface area contributed by atoms with Crippen LogP contribution in [0.1, 0.15) is 18.3 Å². The van der Waals surface area contributed by atoms with E-state index in [4.69, 9.17) is 10.9 Å². The van der Waals surface area contributed by atoms with Crippen LogP contribution in [0.4, 0.5) is 5.95 Å². The largest absolute Gasteiger partial charge is 0.409 e. The molecule has 1 aliphatic heterocycles. The van der Waals surface area contributed by atoms with Gasteiger partial charge in [-0.15, -0.1) is 0 Å². The standard InChI is InChI=1S/C13H22N6O/c1-9-8-10(2)16-13(15-9)19-6-4-18(5-7-19)11(3)12(14)17-20/h8,11,20H,4-7H2,1-3H3,(H2,14,17). The molecule has 1 aromatic rings. The summed E-state index contributed by atoms with van der Waals surface area (Å²) in [7, 11) is 0. The van der Waals surface area contributed by atoms with Gasteiger partial charge in [-0.3, -0.25) is 4.90 Å². The first-order chi connectivity index (χ1) is 9.51. The number of rotatable bonds is 3. The molecule has 0 aliphatic carbocycles. The second-order valence-electron chi connectivity index (χ2n) is 5.17. The molecule has 0 amide bonds. The Bertz CT molecular complexity index is 475. The molecular weight excluding hydrogens is 256 g/mol. The Labute approximate surface area is 119 Å². The van der Waals surface area contributed by atoms with Crippen molar-refractivity contribution in [1.29, 1.82) is 0 Å². The number of piperazine rings is 1. The van der Waals surface area contributed by atoms with E-state index in [1.54, 1.807) is 0 Å². The van der Waals surface area contributed by atoms with Gasteiger partial charge in [0.2, 0.25) is 5.95 Å². The minimum atomic E-state index is -0.0534. The molecule has 1 fully saturated rings. The molecule has 2 rings (SSSR count). The van der Waals surface area contributed by atoms with Gasteiger partial charge in [-0.25, -0.2) is 9.97 Å². The maximum Gasteiger partial charge on any atom is 0.225 e. The minimum absolute atomic E-state index is 0.0534. The molecule has 3 N–H and O–H groups in total. The molecule has 1 unspecified atom stereocenters. The average Bonchev–Trinajstić information content (AvgIpc) is 2.45. The predicted molar refractivity (Wildman–Crippen MR) is 78.2 cm³/mol. The Hall–Kier alpha value is -1.89. The molecule has 0 saturated carbocycles. The van der Waals surface area contributed by atoms with Gasteiger partial charge in [-0.05, 0) is 26.8 Å². The fraction of sp³-hybridized carbons (Fsp3) is 0.615. The number of hydrogen-bond acceptors (Lipinski definition) is 6. The highest BCUT2D eigenvalue weighted by Crippen LogP contribution is 2.14. The highest BCUT2D eigenvalue weighted by atomic mass is 16.4. The molecule has 1 aromatic heterocycles. The van der Waals surface area contributed by atoms with Crippen molar-refractivity contribution in [3.63, 3.8) is 0 Å². The molecule has 20 heavy (non-hydrogen) atoms. The second-order valence-corrected chi connectivity index (χ2v) is 5.17. The lowest BCUT2D eigenvalue weighted by Crippen LogP contribution is -2.53. The van der Waals surface area contributed by atoms with E-state index >= 15 is 0 Å². The third kappa shape index (κ3) is 3.16.